The highest BCUT2D eigenvalue weighted by Crippen LogP contribution is 2.23. The van der Waals surface area contributed by atoms with Gasteiger partial charge in [0.05, 0.1) is 12.7 Å². The molecular weight excluding hydrogens is 264 g/mol. The molecule has 2 aromatic carbocycles. The van der Waals surface area contributed by atoms with Crippen LogP contribution < -0.4 is 4.74 Å². The molecule has 1 N–H and O–H groups in total. The highest BCUT2D eigenvalue weighted by molar-refractivity contribution is 6.20. The number of hydrogen-bond donors (Lipinski definition) is 1. The number of aryl methyl sites for hydroxylation is 1. The van der Waals surface area contributed by atoms with Crippen LogP contribution in [0.5, 0.6) is 5.75 Å². The van der Waals surface area contributed by atoms with Gasteiger partial charge in [-0.05, 0) is 41.3 Å². The van der Waals surface area contributed by atoms with Crippen molar-refractivity contribution in [2.24, 2.45) is 0 Å². The molecule has 0 atom stereocenters. The van der Waals surface area contributed by atoms with Crippen LogP contribution >= 0.6 is 0 Å². The molecule has 0 saturated carbocycles. The Morgan fingerprint density at radius 2 is 1.90 bits per heavy atom. The Morgan fingerprint density at radius 3 is 2.48 bits per heavy atom. The van der Waals surface area contributed by atoms with E-state index in [2.05, 4.69) is 6.92 Å². The fourth-order valence-electron chi connectivity index (χ4n) is 2.08. The third-order valence-corrected chi connectivity index (χ3v) is 3.31. The molecule has 0 aliphatic rings. The van der Waals surface area contributed by atoms with Crippen molar-refractivity contribution in [1.82, 2.24) is 0 Å². The van der Waals surface area contributed by atoms with Crippen molar-refractivity contribution < 1.29 is 14.6 Å². The molecule has 0 heterocycles. The van der Waals surface area contributed by atoms with E-state index in [4.69, 9.17) is 4.74 Å². The Kier molecular flexibility index (Phi) is 4.77. The van der Waals surface area contributed by atoms with E-state index in [0.717, 1.165) is 12.0 Å². The van der Waals surface area contributed by atoms with Crippen LogP contribution in [-0.4, -0.2) is 18.2 Å². The van der Waals surface area contributed by atoms with Crippen molar-refractivity contribution in [2.45, 2.75) is 13.3 Å². The first-order valence-electron chi connectivity index (χ1n) is 6.82. The van der Waals surface area contributed by atoms with E-state index in [1.54, 1.807) is 37.5 Å². The quantitative estimate of drug-likeness (QED) is 0.668. The molecule has 0 spiro atoms. The Hall–Kier alpha value is -2.55. The minimum atomic E-state index is -0.956. The molecule has 3 heteroatoms. The highest BCUT2D eigenvalue weighted by atomic mass is 16.5. The summed E-state index contributed by atoms with van der Waals surface area (Å²) in [6, 6.07) is 14.9. The number of carboxylic acid groups (broad SMARTS) is 1. The molecule has 0 radical (unpaired) electrons. The minimum Gasteiger partial charge on any atom is -0.497 e. The first-order valence-corrected chi connectivity index (χ1v) is 6.82. The topological polar surface area (TPSA) is 46.5 Å². The van der Waals surface area contributed by atoms with Crippen molar-refractivity contribution in [2.75, 3.05) is 7.11 Å². The van der Waals surface area contributed by atoms with E-state index < -0.39 is 5.97 Å². The third kappa shape index (κ3) is 3.72. The zero-order valence-electron chi connectivity index (χ0n) is 12.2. The number of methoxy groups -OCH3 is 1. The smallest absolute Gasteiger partial charge is 0.336 e. The normalized spacial score (nSPS) is 11.2. The van der Waals surface area contributed by atoms with E-state index in [-0.39, 0.29) is 5.57 Å². The predicted molar refractivity (Wildman–Crippen MR) is 84.3 cm³/mol. The summed E-state index contributed by atoms with van der Waals surface area (Å²) in [5.74, 6) is -0.316. The van der Waals surface area contributed by atoms with E-state index >= 15 is 0 Å². The maximum atomic E-state index is 11.5. The van der Waals surface area contributed by atoms with Crippen molar-refractivity contribution in [3.63, 3.8) is 0 Å². The van der Waals surface area contributed by atoms with Gasteiger partial charge in [0, 0.05) is 0 Å². The van der Waals surface area contributed by atoms with Crippen molar-refractivity contribution in [1.29, 1.82) is 0 Å². The summed E-state index contributed by atoms with van der Waals surface area (Å²) in [6.45, 7) is 2.09. The van der Waals surface area contributed by atoms with Crippen LogP contribution in [0.25, 0.3) is 11.6 Å². The second-order valence-electron chi connectivity index (χ2n) is 4.69. The van der Waals surface area contributed by atoms with Crippen molar-refractivity contribution >= 4 is 17.6 Å². The van der Waals surface area contributed by atoms with Gasteiger partial charge in [0.2, 0.25) is 0 Å². The molecule has 0 aliphatic carbocycles. The first kappa shape index (κ1) is 14.9. The van der Waals surface area contributed by atoms with Gasteiger partial charge in [-0.2, -0.15) is 0 Å². The number of ether oxygens (including phenoxy) is 1. The Balaban J connectivity index is 2.41. The molecule has 0 saturated heterocycles. The summed E-state index contributed by atoms with van der Waals surface area (Å²) in [7, 11) is 1.56. The van der Waals surface area contributed by atoms with Crippen LogP contribution in [0.1, 0.15) is 23.6 Å². The molecular formula is C18H18O3. The van der Waals surface area contributed by atoms with Crippen molar-refractivity contribution in [3.05, 3.63) is 65.2 Å². The summed E-state index contributed by atoms with van der Waals surface area (Å²) in [6.07, 6.45) is 2.64. The molecule has 21 heavy (non-hydrogen) atoms. The predicted octanol–water partition coefficient (Wildman–Crippen LogP) is 3.88. The zero-order chi connectivity index (χ0) is 15.2. The molecule has 108 valence electrons. The van der Waals surface area contributed by atoms with Gasteiger partial charge in [0.25, 0.3) is 0 Å². The average molecular weight is 282 g/mol. The summed E-state index contributed by atoms with van der Waals surface area (Å²) < 4.78 is 5.15. The highest BCUT2D eigenvalue weighted by Gasteiger charge is 2.11. The molecule has 0 aliphatic heterocycles. The Labute approximate surface area is 124 Å². The van der Waals surface area contributed by atoms with E-state index in [0.29, 0.717) is 11.3 Å². The van der Waals surface area contributed by atoms with Gasteiger partial charge in [-0.25, -0.2) is 4.79 Å². The zero-order valence-corrected chi connectivity index (χ0v) is 12.2. The largest absolute Gasteiger partial charge is 0.497 e. The molecule has 0 amide bonds. The SMILES string of the molecule is CCc1ccc(/C=C(\C(=O)O)c2cccc(OC)c2)cc1. The second kappa shape index (κ2) is 6.75. The minimum absolute atomic E-state index is 0.248. The maximum Gasteiger partial charge on any atom is 0.336 e. The lowest BCUT2D eigenvalue weighted by atomic mass is 10.0. The van der Waals surface area contributed by atoms with Crippen molar-refractivity contribution in [3.8, 4) is 5.75 Å². The first-order chi connectivity index (χ1) is 10.1. The lowest BCUT2D eigenvalue weighted by Gasteiger charge is -2.06. The summed E-state index contributed by atoms with van der Waals surface area (Å²) in [4.78, 5) is 11.5. The lowest BCUT2D eigenvalue weighted by Crippen LogP contribution is -2.00. The van der Waals surface area contributed by atoms with E-state index in [1.807, 2.05) is 24.3 Å². The lowest BCUT2D eigenvalue weighted by molar-refractivity contribution is -0.130. The van der Waals surface area contributed by atoms with Crippen LogP contribution in [-0.2, 0) is 11.2 Å². The second-order valence-corrected chi connectivity index (χ2v) is 4.69. The Morgan fingerprint density at radius 1 is 1.19 bits per heavy atom. The van der Waals surface area contributed by atoms with Crippen LogP contribution in [0.15, 0.2) is 48.5 Å². The number of carbonyl (C=O) groups is 1. The van der Waals surface area contributed by atoms with Crippen LogP contribution in [0.3, 0.4) is 0 Å². The molecule has 0 unspecified atom stereocenters. The number of rotatable bonds is 5. The molecule has 2 aromatic rings. The van der Waals surface area contributed by atoms with Crippen LogP contribution in [0.2, 0.25) is 0 Å². The van der Waals surface area contributed by atoms with E-state index in [1.165, 1.54) is 5.56 Å². The molecule has 0 bridgehead atoms. The number of benzene rings is 2. The average Bonchev–Trinajstić information content (AvgIpc) is 2.53. The van der Waals surface area contributed by atoms with Crippen LogP contribution in [0, 0.1) is 0 Å². The summed E-state index contributed by atoms with van der Waals surface area (Å²) in [5.41, 5.74) is 2.97. The fraction of sp³-hybridized carbons (Fsp3) is 0.167. The van der Waals surface area contributed by atoms with Gasteiger partial charge in [-0.1, -0.05) is 43.3 Å². The number of hydrogen-bond acceptors (Lipinski definition) is 2. The van der Waals surface area contributed by atoms with Gasteiger partial charge in [0.1, 0.15) is 5.75 Å². The summed E-state index contributed by atoms with van der Waals surface area (Å²) in [5, 5.41) is 9.44. The summed E-state index contributed by atoms with van der Waals surface area (Å²) >= 11 is 0. The maximum absolute atomic E-state index is 11.5. The Bertz CT molecular complexity index is 654. The fourth-order valence-corrected chi connectivity index (χ4v) is 2.08. The van der Waals surface area contributed by atoms with Gasteiger partial charge >= 0.3 is 5.97 Å². The molecule has 2 rings (SSSR count). The van der Waals surface area contributed by atoms with Crippen LogP contribution in [0.4, 0.5) is 0 Å². The van der Waals surface area contributed by atoms with Gasteiger partial charge in [0.15, 0.2) is 0 Å². The van der Waals surface area contributed by atoms with Gasteiger partial charge in [-0.15, -0.1) is 0 Å². The van der Waals surface area contributed by atoms with Gasteiger partial charge < -0.3 is 9.84 Å². The van der Waals surface area contributed by atoms with E-state index in [9.17, 15) is 9.90 Å². The molecule has 0 fully saturated rings. The monoisotopic (exact) mass is 282 g/mol. The standard InChI is InChI=1S/C18H18O3/c1-3-13-7-9-14(10-8-13)11-17(18(19)20)15-5-4-6-16(12-15)21-2/h4-12H,3H2,1-2H3,(H,19,20)/b17-11-. The third-order valence-electron chi connectivity index (χ3n) is 3.31. The molecule has 3 nitrogen and oxygen atoms in total. The van der Waals surface area contributed by atoms with Gasteiger partial charge in [-0.3, -0.25) is 0 Å². The number of aliphatic carboxylic acids is 1. The number of carboxylic acids is 1. The molecule has 0 aromatic heterocycles.